The Labute approximate surface area is 106 Å². The third kappa shape index (κ3) is 3.22. The van der Waals surface area contributed by atoms with Crippen molar-refractivity contribution in [3.8, 4) is 0 Å². The molecule has 1 aliphatic heterocycles. The summed E-state index contributed by atoms with van der Waals surface area (Å²) in [7, 11) is 0. The third-order valence-electron chi connectivity index (χ3n) is 3.07. The SMILES string of the molecule is OCC(CO)N[C@@H]1CCCSc2ccccc21. The smallest absolute Gasteiger partial charge is 0.0607 e. The minimum absolute atomic E-state index is 0.0255. The second-order valence-corrected chi connectivity index (χ2v) is 5.45. The summed E-state index contributed by atoms with van der Waals surface area (Å²) in [4.78, 5) is 1.32. The zero-order valence-electron chi connectivity index (χ0n) is 9.80. The van der Waals surface area contributed by atoms with E-state index in [2.05, 4.69) is 23.5 Å². The van der Waals surface area contributed by atoms with Crippen molar-refractivity contribution in [3.05, 3.63) is 29.8 Å². The van der Waals surface area contributed by atoms with E-state index in [9.17, 15) is 0 Å². The van der Waals surface area contributed by atoms with Gasteiger partial charge < -0.3 is 15.5 Å². The standard InChI is InChI=1S/C13H19NO2S/c15-8-10(9-16)14-12-5-3-7-17-13-6-2-1-4-11(12)13/h1-2,4,6,10,12,14-16H,3,5,7-9H2/t12-/m1/s1. The molecule has 0 radical (unpaired) electrons. The Morgan fingerprint density at radius 1 is 1.29 bits per heavy atom. The molecular weight excluding hydrogens is 234 g/mol. The predicted octanol–water partition coefficient (Wildman–Crippen LogP) is 1.56. The summed E-state index contributed by atoms with van der Waals surface area (Å²) in [6.45, 7) is -0.0510. The zero-order chi connectivity index (χ0) is 12.1. The van der Waals surface area contributed by atoms with Gasteiger partial charge in [-0.05, 0) is 30.2 Å². The fraction of sp³-hybridized carbons (Fsp3) is 0.538. The van der Waals surface area contributed by atoms with E-state index in [0.29, 0.717) is 0 Å². The molecule has 1 aromatic rings. The fourth-order valence-electron chi connectivity index (χ4n) is 2.15. The van der Waals surface area contributed by atoms with Crippen molar-refractivity contribution in [1.29, 1.82) is 0 Å². The van der Waals surface area contributed by atoms with E-state index in [4.69, 9.17) is 10.2 Å². The highest BCUT2D eigenvalue weighted by atomic mass is 32.2. The van der Waals surface area contributed by atoms with E-state index in [1.54, 1.807) is 0 Å². The summed E-state index contributed by atoms with van der Waals surface area (Å²) >= 11 is 1.89. The van der Waals surface area contributed by atoms with Crippen LogP contribution in [0.4, 0.5) is 0 Å². The third-order valence-corrected chi connectivity index (χ3v) is 4.24. The van der Waals surface area contributed by atoms with Crippen molar-refractivity contribution in [3.63, 3.8) is 0 Å². The normalized spacial score (nSPS) is 20.1. The largest absolute Gasteiger partial charge is 0.395 e. The van der Waals surface area contributed by atoms with Crippen LogP contribution in [0.25, 0.3) is 0 Å². The Hall–Kier alpha value is -0.550. The van der Waals surface area contributed by atoms with E-state index in [0.717, 1.165) is 18.6 Å². The number of benzene rings is 1. The molecule has 0 unspecified atom stereocenters. The van der Waals surface area contributed by atoms with Gasteiger partial charge in [-0.3, -0.25) is 0 Å². The first-order valence-corrected chi connectivity index (χ1v) is 7.03. The monoisotopic (exact) mass is 253 g/mol. The Bertz CT molecular complexity index is 355. The van der Waals surface area contributed by atoms with Crippen LogP contribution in [0.3, 0.4) is 0 Å². The highest BCUT2D eigenvalue weighted by Crippen LogP contribution is 2.34. The van der Waals surface area contributed by atoms with Gasteiger partial charge in [0.1, 0.15) is 0 Å². The van der Waals surface area contributed by atoms with Gasteiger partial charge in [-0.25, -0.2) is 0 Å². The van der Waals surface area contributed by atoms with Crippen LogP contribution in [0.2, 0.25) is 0 Å². The van der Waals surface area contributed by atoms with Crippen LogP contribution in [0, 0.1) is 0 Å². The molecule has 0 aromatic heterocycles. The molecule has 0 saturated heterocycles. The molecular formula is C13H19NO2S. The van der Waals surface area contributed by atoms with Crippen LogP contribution in [-0.4, -0.2) is 35.2 Å². The minimum Gasteiger partial charge on any atom is -0.395 e. The minimum atomic E-state index is -0.226. The molecule has 0 aliphatic carbocycles. The van der Waals surface area contributed by atoms with Crippen LogP contribution >= 0.6 is 11.8 Å². The van der Waals surface area contributed by atoms with Crippen molar-refractivity contribution in [1.82, 2.24) is 5.32 Å². The first-order valence-electron chi connectivity index (χ1n) is 6.04. The molecule has 0 bridgehead atoms. The molecule has 17 heavy (non-hydrogen) atoms. The van der Waals surface area contributed by atoms with E-state index in [1.807, 2.05) is 17.8 Å². The Morgan fingerprint density at radius 2 is 2.06 bits per heavy atom. The van der Waals surface area contributed by atoms with E-state index < -0.39 is 0 Å². The summed E-state index contributed by atoms with van der Waals surface area (Å²) in [5.41, 5.74) is 1.29. The second-order valence-electron chi connectivity index (χ2n) is 4.31. The maximum Gasteiger partial charge on any atom is 0.0607 e. The van der Waals surface area contributed by atoms with Gasteiger partial charge >= 0.3 is 0 Å². The van der Waals surface area contributed by atoms with Crippen molar-refractivity contribution in [2.45, 2.75) is 29.8 Å². The van der Waals surface area contributed by atoms with Crippen molar-refractivity contribution in [2.24, 2.45) is 0 Å². The number of fused-ring (bicyclic) bond motifs is 1. The summed E-state index contributed by atoms with van der Waals surface area (Å²) < 4.78 is 0. The van der Waals surface area contributed by atoms with E-state index in [-0.39, 0.29) is 25.3 Å². The van der Waals surface area contributed by atoms with Crippen molar-refractivity contribution in [2.75, 3.05) is 19.0 Å². The van der Waals surface area contributed by atoms with Crippen LogP contribution in [-0.2, 0) is 0 Å². The molecule has 1 aliphatic rings. The number of hydrogen-bond donors (Lipinski definition) is 3. The highest BCUT2D eigenvalue weighted by Gasteiger charge is 2.20. The first kappa shape index (κ1) is 12.9. The molecule has 0 spiro atoms. The van der Waals surface area contributed by atoms with Crippen LogP contribution in [0.5, 0.6) is 0 Å². The van der Waals surface area contributed by atoms with Crippen LogP contribution < -0.4 is 5.32 Å². The fourth-order valence-corrected chi connectivity index (χ4v) is 3.23. The molecule has 4 heteroatoms. The van der Waals surface area contributed by atoms with Crippen molar-refractivity contribution < 1.29 is 10.2 Å². The Kier molecular flexibility index (Phi) is 4.86. The molecule has 2 rings (SSSR count). The van der Waals surface area contributed by atoms with Gasteiger partial charge in [0.2, 0.25) is 0 Å². The molecule has 0 amide bonds. The van der Waals surface area contributed by atoms with Gasteiger partial charge in [0, 0.05) is 10.9 Å². The summed E-state index contributed by atoms with van der Waals surface area (Å²) in [6.07, 6.45) is 2.21. The number of nitrogens with one attached hydrogen (secondary N) is 1. The van der Waals surface area contributed by atoms with Gasteiger partial charge in [0.25, 0.3) is 0 Å². The lowest BCUT2D eigenvalue weighted by Crippen LogP contribution is -2.38. The molecule has 0 saturated carbocycles. The first-order chi connectivity index (χ1) is 8.35. The van der Waals surface area contributed by atoms with Gasteiger partial charge in [0.05, 0.1) is 19.3 Å². The lowest BCUT2D eigenvalue weighted by molar-refractivity contribution is 0.160. The molecule has 3 nitrogen and oxygen atoms in total. The van der Waals surface area contributed by atoms with Crippen molar-refractivity contribution >= 4 is 11.8 Å². The van der Waals surface area contributed by atoms with E-state index >= 15 is 0 Å². The quantitative estimate of drug-likeness (QED) is 0.762. The van der Waals surface area contributed by atoms with Crippen LogP contribution in [0.1, 0.15) is 24.4 Å². The van der Waals surface area contributed by atoms with Gasteiger partial charge in [-0.2, -0.15) is 0 Å². The molecule has 0 fully saturated rings. The number of aliphatic hydroxyl groups is 2. The molecule has 1 atom stereocenters. The zero-order valence-corrected chi connectivity index (χ0v) is 10.6. The van der Waals surface area contributed by atoms with Crippen LogP contribution in [0.15, 0.2) is 29.2 Å². The topological polar surface area (TPSA) is 52.5 Å². The van der Waals surface area contributed by atoms with Gasteiger partial charge in [-0.15, -0.1) is 11.8 Å². The molecule has 1 heterocycles. The van der Waals surface area contributed by atoms with E-state index in [1.165, 1.54) is 10.5 Å². The number of rotatable bonds is 4. The summed E-state index contributed by atoms with van der Waals surface area (Å²) in [5.74, 6) is 1.14. The average Bonchev–Trinajstić information content (AvgIpc) is 2.58. The molecule has 94 valence electrons. The predicted molar refractivity (Wildman–Crippen MR) is 70.2 cm³/mol. The Morgan fingerprint density at radius 3 is 2.82 bits per heavy atom. The molecule has 1 aromatic carbocycles. The summed E-state index contributed by atoms with van der Waals surface area (Å²) in [5, 5.41) is 21.6. The van der Waals surface area contributed by atoms with Gasteiger partial charge in [0.15, 0.2) is 0 Å². The maximum absolute atomic E-state index is 9.15. The lowest BCUT2D eigenvalue weighted by atomic mass is 10.0. The van der Waals surface area contributed by atoms with Gasteiger partial charge in [-0.1, -0.05) is 18.2 Å². The average molecular weight is 253 g/mol. The number of aliphatic hydroxyl groups excluding tert-OH is 2. The number of thioether (sulfide) groups is 1. The number of hydrogen-bond acceptors (Lipinski definition) is 4. The lowest BCUT2D eigenvalue weighted by Gasteiger charge is -2.23. The summed E-state index contributed by atoms with van der Waals surface area (Å²) in [6, 6.07) is 8.40. The Balaban J connectivity index is 2.16. The maximum atomic E-state index is 9.15. The molecule has 3 N–H and O–H groups in total. The second kappa shape index (κ2) is 6.40. The highest BCUT2D eigenvalue weighted by molar-refractivity contribution is 7.99.